The molecule has 2 N–H and O–H groups in total. The first-order chi connectivity index (χ1) is 18.6. The highest BCUT2D eigenvalue weighted by Gasteiger charge is 2.52. The second kappa shape index (κ2) is 10.7. The summed E-state index contributed by atoms with van der Waals surface area (Å²) in [4.78, 5) is 32.1. The van der Waals surface area contributed by atoms with Crippen LogP contribution >= 0.6 is 0 Å². The summed E-state index contributed by atoms with van der Waals surface area (Å²) in [6.45, 7) is 8.96. The molecule has 0 atom stereocenters. The van der Waals surface area contributed by atoms with Gasteiger partial charge in [0.05, 0.1) is 19.2 Å². The SMILES string of the molecule is COc1cc(F)cc(CN2C(=O)N(c3ccc(C4CNNC4)cc3)CC23CCN(C(=O)OC(C)(C)C)CC3)c1. The van der Waals surface area contributed by atoms with Gasteiger partial charge in [-0.1, -0.05) is 12.1 Å². The lowest BCUT2D eigenvalue weighted by Crippen LogP contribution is -2.55. The molecule has 10 heteroatoms. The fourth-order valence-corrected chi connectivity index (χ4v) is 5.73. The standard InChI is InChI=1S/C29H38FN5O4/c1-28(2,3)39-27(37)33-11-9-29(10-12-33)19-34(24-7-5-21(6-8-24)22-16-31-32-17-22)26(36)35(29)18-20-13-23(30)15-25(14-20)38-4/h5-8,13-15,22,31-32H,9-12,16-19H2,1-4H3. The highest BCUT2D eigenvalue weighted by Crippen LogP contribution is 2.40. The molecule has 2 aromatic carbocycles. The second-order valence-corrected chi connectivity index (χ2v) is 11.7. The molecule has 0 radical (unpaired) electrons. The highest BCUT2D eigenvalue weighted by molar-refractivity contribution is 5.95. The number of likely N-dealkylation sites (tertiary alicyclic amines) is 1. The number of nitrogens with zero attached hydrogens (tertiary/aromatic N) is 3. The minimum absolute atomic E-state index is 0.124. The van der Waals surface area contributed by atoms with Crippen molar-refractivity contribution in [2.75, 3.05) is 44.7 Å². The number of rotatable bonds is 5. The zero-order valence-corrected chi connectivity index (χ0v) is 23.1. The Balaban J connectivity index is 1.40. The van der Waals surface area contributed by atoms with Gasteiger partial charge in [-0.3, -0.25) is 15.8 Å². The molecular formula is C29H38FN5O4. The van der Waals surface area contributed by atoms with E-state index in [0.29, 0.717) is 49.7 Å². The lowest BCUT2D eigenvalue weighted by atomic mass is 9.86. The smallest absolute Gasteiger partial charge is 0.410 e. The Kier molecular flexibility index (Phi) is 7.43. The molecule has 0 bridgehead atoms. The third kappa shape index (κ3) is 5.81. The Labute approximate surface area is 229 Å². The highest BCUT2D eigenvalue weighted by atomic mass is 19.1. The van der Waals surface area contributed by atoms with Gasteiger partial charge in [0.1, 0.15) is 17.2 Å². The summed E-state index contributed by atoms with van der Waals surface area (Å²) < 4.78 is 25.2. The van der Waals surface area contributed by atoms with Crippen LogP contribution in [-0.2, 0) is 11.3 Å². The van der Waals surface area contributed by atoms with E-state index in [1.807, 2.05) is 42.7 Å². The topological polar surface area (TPSA) is 86.4 Å². The van der Waals surface area contributed by atoms with Crippen molar-refractivity contribution < 1.29 is 23.5 Å². The number of hydrogen-bond acceptors (Lipinski definition) is 6. The van der Waals surface area contributed by atoms with Crippen molar-refractivity contribution in [2.24, 2.45) is 0 Å². The van der Waals surface area contributed by atoms with Crippen LogP contribution in [0.3, 0.4) is 0 Å². The van der Waals surface area contributed by atoms with Gasteiger partial charge < -0.3 is 19.3 Å². The van der Waals surface area contributed by atoms with Crippen molar-refractivity contribution in [2.45, 2.75) is 57.2 Å². The van der Waals surface area contributed by atoms with Crippen molar-refractivity contribution in [1.82, 2.24) is 20.7 Å². The molecule has 5 rings (SSSR count). The Morgan fingerprint density at radius 3 is 2.36 bits per heavy atom. The van der Waals surface area contributed by atoms with Crippen molar-refractivity contribution in [3.63, 3.8) is 0 Å². The van der Waals surface area contributed by atoms with E-state index in [0.717, 1.165) is 18.8 Å². The fraction of sp³-hybridized carbons (Fsp3) is 0.517. The van der Waals surface area contributed by atoms with Crippen LogP contribution in [0.2, 0.25) is 0 Å². The lowest BCUT2D eigenvalue weighted by Gasteiger charge is -2.43. The third-order valence-electron chi connectivity index (χ3n) is 7.84. The van der Waals surface area contributed by atoms with Gasteiger partial charge in [-0.2, -0.15) is 0 Å². The molecule has 3 aliphatic rings. The van der Waals surface area contributed by atoms with Gasteiger partial charge in [0.15, 0.2) is 0 Å². The monoisotopic (exact) mass is 539 g/mol. The molecule has 2 aromatic rings. The van der Waals surface area contributed by atoms with Crippen LogP contribution in [0.4, 0.5) is 19.7 Å². The molecule has 1 spiro atoms. The van der Waals surface area contributed by atoms with E-state index in [1.54, 1.807) is 11.0 Å². The molecule has 210 valence electrons. The minimum atomic E-state index is -0.578. The van der Waals surface area contributed by atoms with Gasteiger partial charge >= 0.3 is 12.1 Å². The summed E-state index contributed by atoms with van der Waals surface area (Å²) in [7, 11) is 1.50. The summed E-state index contributed by atoms with van der Waals surface area (Å²) in [6, 6.07) is 12.6. The number of anilines is 1. The van der Waals surface area contributed by atoms with E-state index in [2.05, 4.69) is 23.0 Å². The summed E-state index contributed by atoms with van der Waals surface area (Å²) in [5.74, 6) is 0.387. The average molecular weight is 540 g/mol. The normalized spacial score (nSPS) is 19.7. The summed E-state index contributed by atoms with van der Waals surface area (Å²) >= 11 is 0. The van der Waals surface area contributed by atoms with Crippen LogP contribution in [0.5, 0.6) is 5.75 Å². The number of nitrogens with one attached hydrogen (secondary N) is 2. The summed E-state index contributed by atoms with van der Waals surface area (Å²) in [5.41, 5.74) is 7.93. The van der Waals surface area contributed by atoms with Gasteiger partial charge in [0.2, 0.25) is 0 Å². The Bertz CT molecular complexity index is 1200. The second-order valence-electron chi connectivity index (χ2n) is 11.7. The molecule has 9 nitrogen and oxygen atoms in total. The Hall–Kier alpha value is -3.37. The van der Waals surface area contributed by atoms with Crippen LogP contribution in [0.1, 0.15) is 50.7 Å². The van der Waals surface area contributed by atoms with Crippen LogP contribution in [0.25, 0.3) is 0 Å². The first-order valence-electron chi connectivity index (χ1n) is 13.5. The minimum Gasteiger partial charge on any atom is -0.497 e. The molecule has 0 aromatic heterocycles. The zero-order chi connectivity index (χ0) is 27.8. The molecule has 0 unspecified atom stereocenters. The number of hydrazine groups is 1. The van der Waals surface area contributed by atoms with E-state index in [4.69, 9.17) is 9.47 Å². The van der Waals surface area contributed by atoms with Gasteiger partial charge in [0, 0.05) is 50.4 Å². The van der Waals surface area contributed by atoms with Crippen molar-refractivity contribution in [1.29, 1.82) is 0 Å². The Morgan fingerprint density at radius 2 is 1.74 bits per heavy atom. The first-order valence-corrected chi connectivity index (χ1v) is 13.5. The predicted octanol–water partition coefficient (Wildman–Crippen LogP) is 4.24. The number of halogens is 1. The number of amides is 3. The molecule has 0 aliphatic carbocycles. The first kappa shape index (κ1) is 27.2. The maximum absolute atomic E-state index is 14.3. The largest absolute Gasteiger partial charge is 0.497 e. The average Bonchev–Trinajstić information content (AvgIpc) is 3.52. The quantitative estimate of drug-likeness (QED) is 0.591. The van der Waals surface area contributed by atoms with E-state index in [1.165, 1.54) is 24.8 Å². The van der Waals surface area contributed by atoms with E-state index in [-0.39, 0.29) is 18.7 Å². The molecule has 3 heterocycles. The molecule has 39 heavy (non-hydrogen) atoms. The number of carbonyl (C=O) groups is 2. The predicted molar refractivity (Wildman–Crippen MR) is 146 cm³/mol. The van der Waals surface area contributed by atoms with Crippen molar-refractivity contribution in [3.05, 3.63) is 59.4 Å². The molecule has 0 saturated carbocycles. The van der Waals surface area contributed by atoms with Gasteiger partial charge in [0.25, 0.3) is 0 Å². The van der Waals surface area contributed by atoms with Gasteiger partial charge in [-0.05, 0) is 69.0 Å². The molecule has 3 fully saturated rings. The molecule has 3 amide bonds. The number of methoxy groups -OCH3 is 1. The maximum atomic E-state index is 14.3. The van der Waals surface area contributed by atoms with Gasteiger partial charge in [-0.15, -0.1) is 0 Å². The number of urea groups is 1. The number of carbonyl (C=O) groups excluding carboxylic acids is 2. The fourth-order valence-electron chi connectivity index (χ4n) is 5.73. The van der Waals surface area contributed by atoms with Gasteiger partial charge in [-0.25, -0.2) is 14.0 Å². The van der Waals surface area contributed by atoms with Crippen LogP contribution in [-0.4, -0.2) is 72.9 Å². The maximum Gasteiger partial charge on any atom is 0.410 e. The number of ether oxygens (including phenoxy) is 2. The number of hydrogen-bond donors (Lipinski definition) is 2. The summed E-state index contributed by atoms with van der Waals surface area (Å²) in [6.07, 6.45) is 0.850. The molecular weight excluding hydrogens is 501 g/mol. The van der Waals surface area contributed by atoms with Crippen molar-refractivity contribution >= 4 is 17.8 Å². The van der Waals surface area contributed by atoms with E-state index >= 15 is 0 Å². The van der Waals surface area contributed by atoms with Crippen LogP contribution < -0.4 is 20.5 Å². The lowest BCUT2D eigenvalue weighted by molar-refractivity contribution is 0.00784. The number of piperidine rings is 1. The van der Waals surface area contributed by atoms with E-state index in [9.17, 15) is 14.0 Å². The van der Waals surface area contributed by atoms with Crippen LogP contribution in [0.15, 0.2) is 42.5 Å². The zero-order valence-electron chi connectivity index (χ0n) is 23.1. The Morgan fingerprint density at radius 1 is 1.08 bits per heavy atom. The number of benzene rings is 2. The van der Waals surface area contributed by atoms with Crippen molar-refractivity contribution in [3.8, 4) is 5.75 Å². The third-order valence-corrected chi connectivity index (χ3v) is 7.84. The molecule has 3 saturated heterocycles. The molecule has 3 aliphatic heterocycles. The van der Waals surface area contributed by atoms with Crippen LogP contribution in [0, 0.1) is 5.82 Å². The van der Waals surface area contributed by atoms with E-state index < -0.39 is 17.0 Å². The summed E-state index contributed by atoms with van der Waals surface area (Å²) in [5, 5.41) is 0.